The fourth-order valence-electron chi connectivity index (χ4n) is 2.21. The molecule has 6 heteroatoms. The molecule has 0 aliphatic rings. The number of para-hydroxylation sites is 1. The van der Waals surface area contributed by atoms with E-state index in [1.165, 1.54) is 0 Å². The first kappa shape index (κ1) is 20.7. The highest BCUT2D eigenvalue weighted by Crippen LogP contribution is 2.15. The predicted octanol–water partition coefficient (Wildman–Crippen LogP) is 2.71. The van der Waals surface area contributed by atoms with Crippen LogP contribution in [0.5, 0.6) is 0 Å². The van der Waals surface area contributed by atoms with E-state index in [1.54, 1.807) is 36.2 Å². The number of rotatable bonds is 6. The molecule has 0 aromatic heterocycles. The highest BCUT2D eigenvalue weighted by Gasteiger charge is 2.15. The summed E-state index contributed by atoms with van der Waals surface area (Å²) in [6.07, 6.45) is 0. The molecule has 0 aliphatic carbocycles. The molecule has 2 aromatic rings. The Hall–Kier alpha value is -2.37. The van der Waals surface area contributed by atoms with Gasteiger partial charge >= 0.3 is 0 Å². The minimum Gasteiger partial charge on any atom is -0.352 e. The summed E-state index contributed by atoms with van der Waals surface area (Å²) in [5.74, 6) is -0.151. The molecule has 0 spiro atoms. The summed E-state index contributed by atoms with van der Waals surface area (Å²) in [6.45, 7) is 2.99. The number of carbonyl (C=O) groups excluding carboxylic acids is 2. The highest BCUT2D eigenvalue weighted by atomic mass is 35.5. The van der Waals surface area contributed by atoms with Crippen LogP contribution in [0.1, 0.15) is 27.6 Å². The van der Waals surface area contributed by atoms with Crippen molar-refractivity contribution in [3.63, 3.8) is 0 Å². The first-order valence-corrected chi connectivity index (χ1v) is 7.94. The second kappa shape index (κ2) is 9.81. The molecule has 0 saturated carbocycles. The molecule has 0 heterocycles. The number of nitrogens with one attached hydrogen (secondary N) is 1. The standard InChI is InChI=1S/C19H23N3O2.ClH/c1-14(12-20)13-21-18(23)15-7-6-8-16(11-15)19(24)22(2)17-9-4-3-5-10-17;/h3-11,14H,12-13,20H2,1-2H3,(H,21,23);1H. The molecule has 3 N–H and O–H groups in total. The van der Waals surface area contributed by atoms with Gasteiger partial charge in [0, 0.05) is 30.4 Å². The maximum Gasteiger partial charge on any atom is 0.258 e. The Morgan fingerprint density at radius 1 is 1.08 bits per heavy atom. The van der Waals surface area contributed by atoms with Gasteiger partial charge in [-0.05, 0) is 42.8 Å². The molecule has 5 nitrogen and oxygen atoms in total. The van der Waals surface area contributed by atoms with Gasteiger partial charge in [0.2, 0.25) is 0 Å². The number of nitrogens with two attached hydrogens (primary N) is 1. The first-order valence-electron chi connectivity index (χ1n) is 7.94. The van der Waals surface area contributed by atoms with Gasteiger partial charge in [0.05, 0.1) is 0 Å². The molecule has 2 rings (SSSR count). The zero-order chi connectivity index (χ0) is 17.5. The monoisotopic (exact) mass is 361 g/mol. The van der Waals surface area contributed by atoms with Crippen LogP contribution >= 0.6 is 12.4 Å². The first-order chi connectivity index (χ1) is 11.5. The largest absolute Gasteiger partial charge is 0.352 e. The molecule has 2 amide bonds. The van der Waals surface area contributed by atoms with Crippen molar-refractivity contribution in [3.05, 3.63) is 65.7 Å². The molecule has 1 atom stereocenters. The number of halogens is 1. The van der Waals surface area contributed by atoms with Crippen molar-refractivity contribution >= 4 is 29.9 Å². The average molecular weight is 362 g/mol. The Morgan fingerprint density at radius 3 is 2.36 bits per heavy atom. The number of nitrogens with zero attached hydrogens (tertiary/aromatic N) is 1. The molecular formula is C19H24ClN3O2. The number of hydrogen-bond acceptors (Lipinski definition) is 3. The number of amides is 2. The summed E-state index contributed by atoms with van der Waals surface area (Å²) in [5, 5.41) is 2.83. The van der Waals surface area contributed by atoms with Crippen LogP contribution in [-0.4, -0.2) is 32.0 Å². The Labute approximate surface area is 154 Å². The van der Waals surface area contributed by atoms with Crippen molar-refractivity contribution < 1.29 is 9.59 Å². The van der Waals surface area contributed by atoms with E-state index in [9.17, 15) is 9.59 Å². The van der Waals surface area contributed by atoms with Crippen molar-refractivity contribution in [1.29, 1.82) is 0 Å². The van der Waals surface area contributed by atoms with Crippen LogP contribution in [0.3, 0.4) is 0 Å². The molecule has 0 radical (unpaired) electrons. The third-order valence-electron chi connectivity index (χ3n) is 3.83. The van der Waals surface area contributed by atoms with Crippen molar-refractivity contribution in [2.45, 2.75) is 6.92 Å². The van der Waals surface area contributed by atoms with Crippen molar-refractivity contribution in [1.82, 2.24) is 5.32 Å². The molecular weight excluding hydrogens is 338 g/mol. The van der Waals surface area contributed by atoms with E-state index in [-0.39, 0.29) is 30.1 Å². The molecule has 1 unspecified atom stereocenters. The van der Waals surface area contributed by atoms with E-state index in [2.05, 4.69) is 5.32 Å². The van der Waals surface area contributed by atoms with Gasteiger partial charge < -0.3 is 16.0 Å². The third kappa shape index (κ3) is 5.59. The quantitative estimate of drug-likeness (QED) is 0.830. The van der Waals surface area contributed by atoms with Crippen molar-refractivity contribution in [2.75, 3.05) is 25.0 Å². The van der Waals surface area contributed by atoms with Crippen LogP contribution in [0, 0.1) is 5.92 Å². The Morgan fingerprint density at radius 2 is 1.72 bits per heavy atom. The lowest BCUT2D eigenvalue weighted by Crippen LogP contribution is -2.31. The normalized spacial score (nSPS) is 11.2. The van der Waals surface area contributed by atoms with Crippen LogP contribution in [0.2, 0.25) is 0 Å². The van der Waals surface area contributed by atoms with Gasteiger partial charge in [-0.25, -0.2) is 0 Å². The zero-order valence-electron chi connectivity index (χ0n) is 14.4. The lowest BCUT2D eigenvalue weighted by atomic mass is 10.1. The van der Waals surface area contributed by atoms with Gasteiger partial charge in [0.15, 0.2) is 0 Å². The Balaban J connectivity index is 0.00000312. The van der Waals surface area contributed by atoms with E-state index < -0.39 is 0 Å². The molecule has 2 aromatic carbocycles. The van der Waals surface area contributed by atoms with E-state index in [0.717, 1.165) is 5.69 Å². The van der Waals surface area contributed by atoms with Crippen LogP contribution in [-0.2, 0) is 0 Å². The van der Waals surface area contributed by atoms with Gasteiger partial charge in [0.25, 0.3) is 11.8 Å². The highest BCUT2D eigenvalue weighted by molar-refractivity contribution is 6.07. The molecule has 0 bridgehead atoms. The Bertz CT molecular complexity index is 707. The minimum absolute atomic E-state index is 0. The second-order valence-corrected chi connectivity index (χ2v) is 5.83. The average Bonchev–Trinajstić information content (AvgIpc) is 2.65. The van der Waals surface area contributed by atoms with Crippen molar-refractivity contribution in [2.24, 2.45) is 11.7 Å². The zero-order valence-corrected chi connectivity index (χ0v) is 15.3. The molecule has 134 valence electrons. The lowest BCUT2D eigenvalue weighted by Gasteiger charge is -2.17. The van der Waals surface area contributed by atoms with Gasteiger partial charge in [-0.3, -0.25) is 9.59 Å². The minimum atomic E-state index is -0.202. The number of anilines is 1. The van der Waals surface area contributed by atoms with Gasteiger partial charge in [0.1, 0.15) is 0 Å². The van der Waals surface area contributed by atoms with Crippen LogP contribution in [0.15, 0.2) is 54.6 Å². The van der Waals surface area contributed by atoms with E-state index in [0.29, 0.717) is 24.2 Å². The fraction of sp³-hybridized carbons (Fsp3) is 0.263. The summed E-state index contributed by atoms with van der Waals surface area (Å²) in [4.78, 5) is 26.4. The number of hydrogen-bond donors (Lipinski definition) is 2. The predicted molar refractivity (Wildman–Crippen MR) is 103 cm³/mol. The molecule has 0 fully saturated rings. The maximum atomic E-state index is 12.6. The van der Waals surface area contributed by atoms with E-state index in [1.807, 2.05) is 37.3 Å². The molecule has 25 heavy (non-hydrogen) atoms. The molecule has 0 saturated heterocycles. The van der Waals surface area contributed by atoms with E-state index >= 15 is 0 Å². The number of benzene rings is 2. The van der Waals surface area contributed by atoms with Gasteiger partial charge in [-0.15, -0.1) is 12.4 Å². The van der Waals surface area contributed by atoms with Crippen LogP contribution in [0.25, 0.3) is 0 Å². The van der Waals surface area contributed by atoms with Gasteiger partial charge in [-0.2, -0.15) is 0 Å². The summed E-state index contributed by atoms with van der Waals surface area (Å²) in [7, 11) is 1.72. The maximum absolute atomic E-state index is 12.6. The smallest absolute Gasteiger partial charge is 0.258 e. The van der Waals surface area contributed by atoms with Crippen molar-refractivity contribution in [3.8, 4) is 0 Å². The summed E-state index contributed by atoms with van der Waals surface area (Å²) < 4.78 is 0. The van der Waals surface area contributed by atoms with Crippen LogP contribution < -0.4 is 16.0 Å². The summed E-state index contributed by atoms with van der Waals surface area (Å²) in [6, 6.07) is 16.1. The SMILES string of the molecule is CC(CN)CNC(=O)c1cccc(C(=O)N(C)c2ccccc2)c1.Cl. The summed E-state index contributed by atoms with van der Waals surface area (Å²) in [5.41, 5.74) is 7.29. The topological polar surface area (TPSA) is 75.4 Å². The number of carbonyl (C=O) groups is 2. The van der Waals surface area contributed by atoms with Crippen LogP contribution in [0.4, 0.5) is 5.69 Å². The summed E-state index contributed by atoms with van der Waals surface area (Å²) >= 11 is 0. The molecule has 0 aliphatic heterocycles. The second-order valence-electron chi connectivity index (χ2n) is 5.83. The fourth-order valence-corrected chi connectivity index (χ4v) is 2.21. The Kier molecular flexibility index (Phi) is 8.11. The van der Waals surface area contributed by atoms with Gasteiger partial charge in [-0.1, -0.05) is 31.2 Å². The third-order valence-corrected chi connectivity index (χ3v) is 3.83. The lowest BCUT2D eigenvalue weighted by molar-refractivity contribution is 0.0948. The van der Waals surface area contributed by atoms with E-state index in [4.69, 9.17) is 5.73 Å².